The van der Waals surface area contributed by atoms with E-state index >= 15 is 0 Å². The molecular formula is C62H113NO5Si. The molecule has 0 spiro atoms. The van der Waals surface area contributed by atoms with Gasteiger partial charge in [0.25, 0.3) is 0 Å². The van der Waals surface area contributed by atoms with E-state index in [9.17, 15) is 0 Å². The maximum atomic E-state index is 6.83. The van der Waals surface area contributed by atoms with Gasteiger partial charge in [-0.2, -0.15) is 0 Å². The highest BCUT2D eigenvalue weighted by Gasteiger charge is 2.59. The smallest absolute Gasteiger partial charge is 0.192 e. The maximum absolute atomic E-state index is 6.83. The molecule has 0 bridgehead atoms. The normalized spacial score (nSPS) is 29.8. The first-order valence-electron chi connectivity index (χ1n) is 29.9. The van der Waals surface area contributed by atoms with Crippen molar-refractivity contribution in [1.29, 1.82) is 0 Å². The fourth-order valence-corrected chi connectivity index (χ4v) is 15.3. The first-order chi connectivity index (χ1) is 33.1. The van der Waals surface area contributed by atoms with Crippen molar-refractivity contribution < 1.29 is 23.4 Å². The molecule has 4 aliphatic carbocycles. The van der Waals surface area contributed by atoms with Gasteiger partial charge in [-0.05, 0) is 161 Å². The minimum absolute atomic E-state index is 0.0390. The number of nitrogens with zero attached hydrogens (tertiary/aromatic N) is 1. The molecule has 0 amide bonds. The van der Waals surface area contributed by atoms with E-state index in [-0.39, 0.29) is 11.1 Å². The van der Waals surface area contributed by atoms with Crippen molar-refractivity contribution >= 4 is 8.32 Å². The van der Waals surface area contributed by atoms with Gasteiger partial charge in [-0.1, -0.05) is 156 Å². The van der Waals surface area contributed by atoms with Crippen LogP contribution in [-0.4, -0.2) is 90.8 Å². The van der Waals surface area contributed by atoms with Crippen LogP contribution in [0.15, 0.2) is 36.0 Å². The Balaban J connectivity index is 0.970. The summed E-state index contributed by atoms with van der Waals surface area (Å²) in [6.45, 7) is 33.7. The molecular weight excluding hydrogens is 867 g/mol. The molecule has 0 aromatic rings. The molecule has 400 valence electrons. The molecule has 2 unspecified atom stereocenters. The molecule has 7 heteroatoms. The Morgan fingerprint density at radius 3 is 2.20 bits per heavy atom. The number of rotatable bonds is 34. The van der Waals surface area contributed by atoms with E-state index in [2.05, 4.69) is 111 Å². The molecule has 5 rings (SSSR count). The molecule has 0 N–H and O–H groups in total. The van der Waals surface area contributed by atoms with E-state index < -0.39 is 8.32 Å². The van der Waals surface area contributed by atoms with E-state index in [4.69, 9.17) is 23.4 Å². The summed E-state index contributed by atoms with van der Waals surface area (Å²) in [5.41, 5.74) is 2.65. The molecule has 3 saturated carbocycles. The fourth-order valence-electron chi connectivity index (χ4n) is 13.9. The second-order valence-corrected chi connectivity index (χ2v) is 30.6. The zero-order valence-electron chi connectivity index (χ0n) is 47.4. The van der Waals surface area contributed by atoms with Crippen molar-refractivity contribution in [2.24, 2.45) is 46.3 Å². The molecule has 0 aromatic heterocycles. The van der Waals surface area contributed by atoms with Crippen molar-refractivity contribution in [3.8, 4) is 0 Å². The quantitative estimate of drug-likeness (QED) is 0.0364. The van der Waals surface area contributed by atoms with Crippen LogP contribution in [-0.2, 0) is 23.4 Å². The second-order valence-electron chi connectivity index (χ2n) is 25.8. The van der Waals surface area contributed by atoms with Gasteiger partial charge in [0.05, 0.1) is 51.3 Å². The van der Waals surface area contributed by atoms with Crippen LogP contribution < -0.4 is 0 Å². The number of fused-ring (bicyclic) bond motifs is 5. The Bertz CT molecular complexity index is 1500. The summed E-state index contributed by atoms with van der Waals surface area (Å²) >= 11 is 0. The van der Waals surface area contributed by atoms with Crippen LogP contribution in [0.4, 0.5) is 0 Å². The molecule has 0 aromatic carbocycles. The molecule has 1 heterocycles. The van der Waals surface area contributed by atoms with Crippen molar-refractivity contribution in [3.05, 3.63) is 36.0 Å². The highest BCUT2D eigenvalue weighted by atomic mass is 28.4. The van der Waals surface area contributed by atoms with Crippen LogP contribution >= 0.6 is 0 Å². The number of hydrogen-bond acceptors (Lipinski definition) is 6. The number of hydrogen-bond donors (Lipinski definition) is 0. The van der Waals surface area contributed by atoms with Gasteiger partial charge in [-0.3, -0.25) is 4.90 Å². The lowest BCUT2D eigenvalue weighted by atomic mass is 9.47. The average Bonchev–Trinajstić information content (AvgIpc) is 3.90. The van der Waals surface area contributed by atoms with Crippen LogP contribution in [0.3, 0.4) is 0 Å². The number of unbranched alkanes of at least 4 members (excludes halogenated alkanes) is 9. The van der Waals surface area contributed by atoms with Gasteiger partial charge in [0.15, 0.2) is 8.32 Å². The summed E-state index contributed by atoms with van der Waals surface area (Å²) < 4.78 is 32.4. The SMILES string of the molecule is CCCCCC=CCC=CCCCCCCCCOCC(CN1CCC(O[Si](C)(C)C(C)(C)C)C1)OCCOCCO[C@H]1CC[C@@]2(C)C(=CC[C@H]3[C@@H]4CC[C@H]([C@H](C)CCCC(C)C)[C@@]4(C)CC[C@@H]32)C1. The summed E-state index contributed by atoms with van der Waals surface area (Å²) in [4.78, 5) is 2.55. The first-order valence-corrected chi connectivity index (χ1v) is 32.8. The third-order valence-corrected chi connectivity index (χ3v) is 23.7. The maximum Gasteiger partial charge on any atom is 0.192 e. The summed E-state index contributed by atoms with van der Waals surface area (Å²) in [5, 5.41) is 0.227. The zero-order chi connectivity index (χ0) is 49.8. The van der Waals surface area contributed by atoms with E-state index in [0.29, 0.717) is 56.1 Å². The Labute approximate surface area is 429 Å². The van der Waals surface area contributed by atoms with Crippen LogP contribution in [0, 0.1) is 46.3 Å². The minimum atomic E-state index is -1.80. The van der Waals surface area contributed by atoms with Gasteiger partial charge >= 0.3 is 0 Å². The lowest BCUT2D eigenvalue weighted by Crippen LogP contribution is -2.51. The molecule has 69 heavy (non-hydrogen) atoms. The molecule has 10 atom stereocenters. The molecule has 1 saturated heterocycles. The van der Waals surface area contributed by atoms with Gasteiger partial charge in [-0.25, -0.2) is 0 Å². The predicted octanol–water partition coefficient (Wildman–Crippen LogP) is 16.7. The Morgan fingerprint density at radius 1 is 0.739 bits per heavy atom. The van der Waals surface area contributed by atoms with Gasteiger partial charge in [0.2, 0.25) is 0 Å². The monoisotopic (exact) mass is 980 g/mol. The largest absolute Gasteiger partial charge is 0.413 e. The lowest BCUT2D eigenvalue weighted by molar-refractivity contribution is -0.0732. The van der Waals surface area contributed by atoms with E-state index in [1.807, 2.05) is 0 Å². The van der Waals surface area contributed by atoms with E-state index in [1.165, 1.54) is 128 Å². The Kier molecular flexibility index (Phi) is 25.6. The van der Waals surface area contributed by atoms with Crippen molar-refractivity contribution in [2.45, 2.75) is 253 Å². The van der Waals surface area contributed by atoms with Crippen LogP contribution in [0.2, 0.25) is 18.1 Å². The Hall–Kier alpha value is -0.803. The average molecular weight is 981 g/mol. The highest BCUT2D eigenvalue weighted by Crippen LogP contribution is 2.67. The third kappa shape index (κ3) is 18.5. The summed E-state index contributed by atoms with van der Waals surface area (Å²) in [5.74, 6) is 5.32. The number of allylic oxidation sites excluding steroid dienone is 5. The van der Waals surface area contributed by atoms with Gasteiger partial charge in [0, 0.05) is 26.2 Å². The van der Waals surface area contributed by atoms with Gasteiger partial charge in [-0.15, -0.1) is 0 Å². The van der Waals surface area contributed by atoms with Crippen molar-refractivity contribution in [3.63, 3.8) is 0 Å². The molecule has 1 aliphatic heterocycles. The molecule has 0 radical (unpaired) electrons. The number of likely N-dealkylation sites (tertiary alicyclic amines) is 1. The van der Waals surface area contributed by atoms with Gasteiger partial charge in [0.1, 0.15) is 0 Å². The van der Waals surface area contributed by atoms with Gasteiger partial charge < -0.3 is 23.4 Å². The summed E-state index contributed by atoms with van der Waals surface area (Å²) in [6, 6.07) is 0. The summed E-state index contributed by atoms with van der Waals surface area (Å²) in [6.07, 6.45) is 44.1. The Morgan fingerprint density at radius 2 is 1.46 bits per heavy atom. The summed E-state index contributed by atoms with van der Waals surface area (Å²) in [7, 11) is -1.80. The van der Waals surface area contributed by atoms with Crippen LogP contribution in [0.25, 0.3) is 0 Å². The fraction of sp³-hybridized carbons (Fsp3) is 0.903. The molecule has 6 nitrogen and oxygen atoms in total. The third-order valence-electron chi connectivity index (χ3n) is 19.2. The first kappa shape index (κ1) is 59.1. The minimum Gasteiger partial charge on any atom is -0.413 e. The second kappa shape index (κ2) is 29.9. The zero-order valence-corrected chi connectivity index (χ0v) is 48.4. The standard InChI is InChI=1S/C62H113NO5Si/c1-12-13-14-15-16-17-18-19-20-21-22-23-24-25-26-27-41-65-49-55(48-63-40-37-54(47-63)68-69(10,11)60(5,6)7)67-45-43-64-42-44-66-53-35-38-61(8)52(46-53)31-32-56-58-34-33-57(51(4)30-28-29-50(2)3)62(58,9)39-36-59(56)61/h16-17,19-20,31,50-51,53-59H,12-15,18,21-30,32-49H2,1-11H3/t51-,53+,54?,55?,56+,57-,58+,59+,61+,62-/m1/s1. The van der Waals surface area contributed by atoms with Crippen molar-refractivity contribution in [2.75, 3.05) is 59.3 Å². The van der Waals surface area contributed by atoms with Crippen LogP contribution in [0.1, 0.15) is 216 Å². The lowest BCUT2D eigenvalue weighted by Gasteiger charge is -2.58. The number of ether oxygens (including phenoxy) is 4. The molecule has 4 fully saturated rings. The highest BCUT2D eigenvalue weighted by molar-refractivity contribution is 6.74. The van der Waals surface area contributed by atoms with E-state index in [0.717, 1.165) is 87.4 Å². The van der Waals surface area contributed by atoms with E-state index in [1.54, 1.807) is 5.57 Å². The topological polar surface area (TPSA) is 49.4 Å². The van der Waals surface area contributed by atoms with Crippen LogP contribution in [0.5, 0.6) is 0 Å². The molecule has 5 aliphatic rings. The predicted molar refractivity (Wildman–Crippen MR) is 297 cm³/mol. The van der Waals surface area contributed by atoms with Crippen molar-refractivity contribution in [1.82, 2.24) is 4.90 Å².